The van der Waals surface area contributed by atoms with Gasteiger partial charge in [0.15, 0.2) is 5.69 Å². The fraction of sp³-hybridized carbons (Fsp3) is 0.500. The first-order valence-electron chi connectivity index (χ1n) is 9.83. The minimum Gasteiger partial charge on any atom is -0.475 e. The van der Waals surface area contributed by atoms with Crippen molar-refractivity contribution < 1.29 is 41.9 Å². The largest absolute Gasteiger partial charge is 0.490 e. The number of nitrogens with zero attached hydrogens (tertiary/aromatic N) is 3. The Morgan fingerprint density at radius 2 is 2.09 bits per heavy atom. The Labute approximate surface area is 181 Å². The van der Waals surface area contributed by atoms with Gasteiger partial charge in [-0.25, -0.2) is 4.79 Å². The fourth-order valence-electron chi connectivity index (χ4n) is 3.65. The number of halogens is 3. The molecule has 1 aliphatic heterocycles. The van der Waals surface area contributed by atoms with Crippen molar-refractivity contribution in [3.63, 3.8) is 0 Å². The molecule has 12 heteroatoms. The van der Waals surface area contributed by atoms with E-state index in [0.717, 1.165) is 18.4 Å². The summed E-state index contributed by atoms with van der Waals surface area (Å²) < 4.78 is 48.8. The van der Waals surface area contributed by atoms with Crippen LogP contribution in [-0.4, -0.2) is 69.6 Å². The van der Waals surface area contributed by atoms with Crippen LogP contribution in [0.15, 0.2) is 35.1 Å². The van der Waals surface area contributed by atoms with Crippen molar-refractivity contribution in [1.29, 1.82) is 0 Å². The molecule has 1 amide bonds. The second-order valence-electron chi connectivity index (χ2n) is 7.32. The molecule has 174 valence electrons. The maximum atomic E-state index is 12.7. The number of carbonyl (C=O) groups is 2. The van der Waals surface area contributed by atoms with Crippen molar-refractivity contribution in [3.05, 3.63) is 47.6 Å². The first-order valence-corrected chi connectivity index (χ1v) is 9.83. The number of fused-ring (bicyclic) bond motifs is 1. The number of pyridine rings is 1. The number of carboxylic acids is 1. The number of aliphatic carboxylic acids is 1. The molecule has 1 N–H and O–H groups in total. The molecule has 2 fully saturated rings. The molecule has 0 radical (unpaired) electrons. The smallest absolute Gasteiger partial charge is 0.475 e. The average Bonchev–Trinajstić information content (AvgIpc) is 3.38. The lowest BCUT2D eigenvalue weighted by Gasteiger charge is -2.38. The van der Waals surface area contributed by atoms with Gasteiger partial charge in [0.25, 0.3) is 5.91 Å². The second-order valence-corrected chi connectivity index (χ2v) is 7.32. The first kappa shape index (κ1) is 23.7. The van der Waals surface area contributed by atoms with Gasteiger partial charge in [-0.1, -0.05) is 11.2 Å². The highest BCUT2D eigenvalue weighted by atomic mass is 19.4. The van der Waals surface area contributed by atoms with E-state index < -0.39 is 12.1 Å². The number of amides is 1. The lowest BCUT2D eigenvalue weighted by Crippen LogP contribution is -2.53. The number of hydrogen-bond donors (Lipinski definition) is 1. The van der Waals surface area contributed by atoms with Gasteiger partial charge in [0, 0.05) is 25.0 Å². The Morgan fingerprint density at radius 1 is 1.34 bits per heavy atom. The Morgan fingerprint density at radius 3 is 2.69 bits per heavy atom. The summed E-state index contributed by atoms with van der Waals surface area (Å²) in [5.74, 6) is -2.21. The number of morpholine rings is 1. The molecule has 2 aromatic heterocycles. The summed E-state index contributed by atoms with van der Waals surface area (Å²) in [6, 6.07) is 5.59. The zero-order chi connectivity index (χ0) is 23.3. The maximum Gasteiger partial charge on any atom is 0.490 e. The minimum absolute atomic E-state index is 0.0140. The summed E-state index contributed by atoms with van der Waals surface area (Å²) in [6.07, 6.45) is 0.0928. The van der Waals surface area contributed by atoms with Crippen LogP contribution >= 0.6 is 0 Å². The molecule has 3 heterocycles. The zero-order valence-corrected chi connectivity index (χ0v) is 17.1. The van der Waals surface area contributed by atoms with Crippen LogP contribution in [0.1, 0.15) is 34.7 Å². The molecule has 0 unspecified atom stereocenters. The molecular weight excluding hydrogens is 435 g/mol. The number of carboxylic acid groups (broad SMARTS) is 1. The molecule has 0 aromatic carbocycles. The molecular formula is C20H22F3N3O6. The predicted octanol–water partition coefficient (Wildman–Crippen LogP) is 2.60. The third kappa shape index (κ3) is 5.82. The van der Waals surface area contributed by atoms with Crippen LogP contribution in [0.3, 0.4) is 0 Å². The van der Waals surface area contributed by atoms with Gasteiger partial charge < -0.3 is 24.0 Å². The molecule has 32 heavy (non-hydrogen) atoms. The number of ether oxygens (including phenoxy) is 2. The topological polar surface area (TPSA) is 115 Å². The Hall–Kier alpha value is -2.99. The van der Waals surface area contributed by atoms with E-state index in [1.807, 2.05) is 17.0 Å². The lowest BCUT2D eigenvalue weighted by atomic mass is 10.1. The van der Waals surface area contributed by atoms with Gasteiger partial charge in [-0.2, -0.15) is 13.2 Å². The predicted molar refractivity (Wildman–Crippen MR) is 102 cm³/mol. The Balaban J connectivity index is 0.000000360. The highest BCUT2D eigenvalue weighted by Gasteiger charge is 2.45. The van der Waals surface area contributed by atoms with E-state index >= 15 is 0 Å². The highest BCUT2D eigenvalue weighted by Crippen LogP contribution is 2.33. The summed E-state index contributed by atoms with van der Waals surface area (Å²) in [6.45, 7) is 3.36. The second kappa shape index (κ2) is 10.1. The van der Waals surface area contributed by atoms with Gasteiger partial charge >= 0.3 is 12.1 Å². The Bertz CT molecular complexity index is 921. The van der Waals surface area contributed by atoms with E-state index in [4.69, 9.17) is 23.9 Å². The summed E-state index contributed by atoms with van der Waals surface area (Å²) in [4.78, 5) is 27.6. The number of rotatable bonds is 4. The third-order valence-corrected chi connectivity index (χ3v) is 5.07. The number of aryl methyl sites for hydroxylation is 1. The van der Waals surface area contributed by atoms with E-state index in [0.29, 0.717) is 31.2 Å². The Kier molecular flexibility index (Phi) is 7.46. The lowest BCUT2D eigenvalue weighted by molar-refractivity contribution is -0.192. The molecule has 3 atom stereocenters. The van der Waals surface area contributed by atoms with Gasteiger partial charge in [0.05, 0.1) is 25.4 Å². The van der Waals surface area contributed by atoms with Crippen LogP contribution in [0.2, 0.25) is 0 Å². The van der Waals surface area contributed by atoms with Crippen LogP contribution in [0.4, 0.5) is 13.2 Å². The number of hydrogen-bond acceptors (Lipinski definition) is 7. The van der Waals surface area contributed by atoms with Crippen LogP contribution in [0.5, 0.6) is 0 Å². The average molecular weight is 457 g/mol. The van der Waals surface area contributed by atoms with E-state index in [1.165, 1.54) is 0 Å². The van der Waals surface area contributed by atoms with Crippen LogP contribution in [0.25, 0.3) is 0 Å². The van der Waals surface area contributed by atoms with Crippen molar-refractivity contribution >= 4 is 11.9 Å². The molecule has 1 aliphatic carbocycles. The normalized spacial score (nSPS) is 22.6. The van der Waals surface area contributed by atoms with Crippen LogP contribution in [-0.2, 0) is 20.9 Å². The van der Waals surface area contributed by atoms with Gasteiger partial charge in [0.1, 0.15) is 11.9 Å². The van der Waals surface area contributed by atoms with E-state index in [9.17, 15) is 18.0 Å². The standard InChI is InChI=1S/C18H21N3O4.C2HF3O2/c1-12-9-14(20-25-12)18(22)21-7-8-23-17-15(21)4-5-16(17)24-11-13-3-2-6-19-10-13;3-2(4,5)1(6)7/h2-3,6,9-10,15-17H,4-5,7-8,11H2,1H3;(H,6,7)/t15-,16+,17+;/m0./s1. The summed E-state index contributed by atoms with van der Waals surface area (Å²) in [5.41, 5.74) is 1.39. The van der Waals surface area contributed by atoms with E-state index in [1.54, 1.807) is 25.4 Å². The van der Waals surface area contributed by atoms with Crippen molar-refractivity contribution in [2.24, 2.45) is 0 Å². The summed E-state index contributed by atoms with van der Waals surface area (Å²) in [5, 5.41) is 11.0. The van der Waals surface area contributed by atoms with Gasteiger partial charge in [0.2, 0.25) is 0 Å². The van der Waals surface area contributed by atoms with Crippen LogP contribution < -0.4 is 0 Å². The molecule has 2 aliphatic rings. The van der Waals surface area contributed by atoms with Crippen LogP contribution in [0, 0.1) is 6.92 Å². The summed E-state index contributed by atoms with van der Waals surface area (Å²) >= 11 is 0. The molecule has 1 saturated heterocycles. The van der Waals surface area contributed by atoms with Gasteiger partial charge in [-0.05, 0) is 31.4 Å². The molecule has 0 spiro atoms. The number of carbonyl (C=O) groups excluding carboxylic acids is 1. The fourth-order valence-corrected chi connectivity index (χ4v) is 3.65. The monoisotopic (exact) mass is 457 g/mol. The molecule has 1 saturated carbocycles. The number of aromatic nitrogens is 2. The molecule has 0 bridgehead atoms. The molecule has 2 aromatic rings. The summed E-state index contributed by atoms with van der Waals surface area (Å²) in [7, 11) is 0. The highest BCUT2D eigenvalue weighted by molar-refractivity contribution is 5.92. The SMILES string of the molecule is Cc1cc(C(=O)N2CCO[C@H]3[C@H](OCc4cccnc4)CC[C@@H]32)no1.O=C(O)C(F)(F)F. The molecule has 9 nitrogen and oxygen atoms in total. The first-order chi connectivity index (χ1) is 15.2. The van der Waals surface area contributed by atoms with E-state index in [-0.39, 0.29) is 24.2 Å². The third-order valence-electron chi connectivity index (χ3n) is 5.07. The quantitative estimate of drug-likeness (QED) is 0.745. The van der Waals surface area contributed by atoms with Crippen molar-refractivity contribution in [2.75, 3.05) is 13.2 Å². The zero-order valence-electron chi connectivity index (χ0n) is 17.1. The maximum absolute atomic E-state index is 12.7. The van der Waals surface area contributed by atoms with Gasteiger partial charge in [-0.3, -0.25) is 9.78 Å². The number of alkyl halides is 3. The molecule has 4 rings (SSSR count). The van der Waals surface area contributed by atoms with Crippen molar-refractivity contribution in [1.82, 2.24) is 15.0 Å². The van der Waals surface area contributed by atoms with Gasteiger partial charge in [-0.15, -0.1) is 0 Å². The minimum atomic E-state index is -5.08. The van der Waals surface area contributed by atoms with Crippen molar-refractivity contribution in [2.45, 2.75) is 50.8 Å². The van der Waals surface area contributed by atoms with E-state index in [2.05, 4.69) is 10.1 Å². The van der Waals surface area contributed by atoms with Crippen molar-refractivity contribution in [3.8, 4) is 0 Å².